The van der Waals surface area contributed by atoms with Crippen molar-refractivity contribution in [2.45, 2.75) is 13.8 Å². The number of nitrogens with zero attached hydrogens (tertiary/aromatic N) is 1. The fourth-order valence-electron chi connectivity index (χ4n) is 2.41. The highest BCUT2D eigenvalue weighted by atomic mass is 16.2. The maximum Gasteiger partial charge on any atom is 0.272 e. The van der Waals surface area contributed by atoms with E-state index in [-0.39, 0.29) is 24.1 Å². The predicted octanol–water partition coefficient (Wildman–Crippen LogP) is 2.55. The van der Waals surface area contributed by atoms with E-state index >= 15 is 0 Å². The van der Waals surface area contributed by atoms with Crippen LogP contribution >= 0.6 is 0 Å². The fourth-order valence-corrected chi connectivity index (χ4v) is 2.41. The summed E-state index contributed by atoms with van der Waals surface area (Å²) in [6.45, 7) is 3.87. The highest BCUT2D eigenvalue weighted by Gasteiger charge is 2.14. The number of aromatic amines is 1. The molecular formula is C18H18N4O2. The van der Waals surface area contributed by atoms with Gasteiger partial charge in [-0.1, -0.05) is 24.3 Å². The number of nitrogens with one attached hydrogen (secondary N) is 3. The third-order valence-corrected chi connectivity index (χ3v) is 3.89. The Morgan fingerprint density at radius 2 is 1.88 bits per heavy atom. The normalized spacial score (nSPS) is 10.6. The first-order valence-electron chi connectivity index (χ1n) is 7.63. The molecule has 0 aliphatic heterocycles. The second kappa shape index (κ2) is 6.54. The zero-order valence-electron chi connectivity index (χ0n) is 13.5. The smallest absolute Gasteiger partial charge is 0.272 e. The first-order chi connectivity index (χ1) is 11.5. The molecule has 2 amide bonds. The summed E-state index contributed by atoms with van der Waals surface area (Å²) in [7, 11) is 0. The van der Waals surface area contributed by atoms with E-state index in [1.54, 1.807) is 0 Å². The Morgan fingerprint density at radius 1 is 1.08 bits per heavy atom. The Morgan fingerprint density at radius 3 is 2.67 bits per heavy atom. The molecular weight excluding hydrogens is 304 g/mol. The lowest BCUT2D eigenvalue weighted by molar-refractivity contribution is -0.115. The van der Waals surface area contributed by atoms with Gasteiger partial charge in [-0.25, -0.2) is 0 Å². The number of para-hydroxylation sites is 1. The summed E-state index contributed by atoms with van der Waals surface area (Å²) >= 11 is 0. The summed E-state index contributed by atoms with van der Waals surface area (Å²) < 4.78 is 0. The summed E-state index contributed by atoms with van der Waals surface area (Å²) in [5.41, 5.74) is 4.03. The van der Waals surface area contributed by atoms with Crippen molar-refractivity contribution in [1.29, 1.82) is 0 Å². The lowest BCUT2D eigenvalue weighted by Gasteiger charge is -2.08. The Balaban J connectivity index is 1.61. The molecule has 6 heteroatoms. The first-order valence-corrected chi connectivity index (χ1v) is 7.63. The molecule has 0 aliphatic carbocycles. The third kappa shape index (κ3) is 3.27. The van der Waals surface area contributed by atoms with Crippen molar-refractivity contribution in [2.75, 3.05) is 11.9 Å². The average Bonchev–Trinajstić information content (AvgIpc) is 3.00. The van der Waals surface area contributed by atoms with Crippen LogP contribution in [0.3, 0.4) is 0 Å². The van der Waals surface area contributed by atoms with E-state index in [2.05, 4.69) is 20.8 Å². The van der Waals surface area contributed by atoms with Gasteiger partial charge in [0.05, 0.1) is 12.1 Å². The number of hydrogen-bond donors (Lipinski definition) is 3. The second-order valence-corrected chi connectivity index (χ2v) is 5.65. The molecule has 0 unspecified atom stereocenters. The van der Waals surface area contributed by atoms with Crippen LogP contribution in [0.1, 0.15) is 21.6 Å². The lowest BCUT2D eigenvalue weighted by atomic mass is 10.1. The van der Waals surface area contributed by atoms with E-state index < -0.39 is 0 Å². The van der Waals surface area contributed by atoms with Crippen LogP contribution in [0.25, 0.3) is 10.9 Å². The quantitative estimate of drug-likeness (QED) is 0.690. The number of aryl methyl sites for hydroxylation is 2. The van der Waals surface area contributed by atoms with Crippen LogP contribution in [-0.4, -0.2) is 28.6 Å². The molecule has 24 heavy (non-hydrogen) atoms. The maximum absolute atomic E-state index is 12.2. The van der Waals surface area contributed by atoms with Crippen LogP contribution in [0.5, 0.6) is 0 Å². The summed E-state index contributed by atoms with van der Waals surface area (Å²) in [4.78, 5) is 24.2. The van der Waals surface area contributed by atoms with Crippen molar-refractivity contribution in [2.24, 2.45) is 0 Å². The van der Waals surface area contributed by atoms with Gasteiger partial charge in [0.15, 0.2) is 5.69 Å². The molecule has 1 aromatic heterocycles. The molecule has 3 aromatic rings. The minimum Gasteiger partial charge on any atom is -0.342 e. The van der Waals surface area contributed by atoms with Crippen molar-refractivity contribution in [1.82, 2.24) is 15.5 Å². The predicted molar refractivity (Wildman–Crippen MR) is 93.0 cm³/mol. The van der Waals surface area contributed by atoms with Gasteiger partial charge in [-0.05, 0) is 43.2 Å². The summed E-state index contributed by atoms with van der Waals surface area (Å²) in [5.74, 6) is -0.672. The van der Waals surface area contributed by atoms with Crippen LogP contribution in [0.15, 0.2) is 42.5 Å². The molecule has 1 heterocycles. The molecule has 122 valence electrons. The molecule has 0 radical (unpaired) electrons. The van der Waals surface area contributed by atoms with Crippen LogP contribution in [0, 0.1) is 13.8 Å². The average molecular weight is 322 g/mol. The molecule has 0 bridgehead atoms. The largest absolute Gasteiger partial charge is 0.342 e. The molecule has 0 saturated carbocycles. The SMILES string of the molecule is Cc1ccc(NC(=O)CNC(=O)c2n[nH]c3ccccc23)cc1C. The molecule has 3 rings (SSSR count). The second-order valence-electron chi connectivity index (χ2n) is 5.65. The summed E-state index contributed by atoms with van der Waals surface area (Å²) in [5, 5.41) is 12.9. The topological polar surface area (TPSA) is 86.9 Å². The standard InChI is InChI=1S/C18H18N4O2/c1-11-7-8-13(9-12(11)2)20-16(23)10-19-18(24)17-14-5-3-4-6-15(14)21-22-17/h3-9H,10H2,1-2H3,(H,19,24)(H,20,23)(H,21,22). The number of carbonyl (C=O) groups excluding carboxylic acids is 2. The molecule has 0 fully saturated rings. The number of anilines is 1. The van der Waals surface area contributed by atoms with Crippen molar-refractivity contribution in [3.05, 3.63) is 59.3 Å². The van der Waals surface area contributed by atoms with Crippen molar-refractivity contribution in [3.63, 3.8) is 0 Å². The number of rotatable bonds is 4. The zero-order valence-corrected chi connectivity index (χ0v) is 13.5. The fraction of sp³-hybridized carbons (Fsp3) is 0.167. The van der Waals surface area contributed by atoms with Crippen LogP contribution in [-0.2, 0) is 4.79 Å². The molecule has 3 N–H and O–H groups in total. The summed E-state index contributed by atoms with van der Waals surface area (Å²) in [6, 6.07) is 13.0. The molecule has 0 spiro atoms. The number of carbonyl (C=O) groups is 2. The van der Waals surface area contributed by atoms with Crippen molar-refractivity contribution >= 4 is 28.4 Å². The molecule has 0 aliphatic rings. The van der Waals surface area contributed by atoms with Crippen molar-refractivity contribution < 1.29 is 9.59 Å². The number of hydrogen-bond acceptors (Lipinski definition) is 3. The van der Waals surface area contributed by atoms with Gasteiger partial charge in [0.25, 0.3) is 5.91 Å². The minimum absolute atomic E-state index is 0.118. The Kier molecular flexibility index (Phi) is 4.29. The number of amides is 2. The van der Waals surface area contributed by atoms with Gasteiger partial charge >= 0.3 is 0 Å². The number of aromatic nitrogens is 2. The Labute approximate surface area is 139 Å². The summed E-state index contributed by atoms with van der Waals surface area (Å²) in [6.07, 6.45) is 0. The van der Waals surface area contributed by atoms with Gasteiger partial charge in [-0.2, -0.15) is 5.10 Å². The number of H-pyrrole nitrogens is 1. The molecule has 0 saturated heterocycles. The highest BCUT2D eigenvalue weighted by Crippen LogP contribution is 2.15. The Bertz CT molecular complexity index is 914. The molecule has 2 aromatic carbocycles. The van der Waals surface area contributed by atoms with Crippen LogP contribution in [0.4, 0.5) is 5.69 Å². The van der Waals surface area contributed by atoms with Gasteiger partial charge in [-0.3, -0.25) is 14.7 Å². The van der Waals surface area contributed by atoms with Gasteiger partial charge < -0.3 is 10.6 Å². The highest BCUT2D eigenvalue weighted by molar-refractivity contribution is 6.06. The molecule has 6 nitrogen and oxygen atoms in total. The lowest BCUT2D eigenvalue weighted by Crippen LogP contribution is -2.33. The monoisotopic (exact) mass is 322 g/mol. The van der Waals surface area contributed by atoms with E-state index in [4.69, 9.17) is 0 Å². The zero-order chi connectivity index (χ0) is 17.1. The number of benzene rings is 2. The van der Waals surface area contributed by atoms with E-state index in [0.717, 1.165) is 22.0 Å². The van der Waals surface area contributed by atoms with Crippen molar-refractivity contribution in [3.8, 4) is 0 Å². The van der Waals surface area contributed by atoms with E-state index in [0.29, 0.717) is 5.69 Å². The van der Waals surface area contributed by atoms with E-state index in [9.17, 15) is 9.59 Å². The van der Waals surface area contributed by atoms with Gasteiger partial charge in [-0.15, -0.1) is 0 Å². The van der Waals surface area contributed by atoms with Crippen LogP contribution in [0.2, 0.25) is 0 Å². The third-order valence-electron chi connectivity index (χ3n) is 3.89. The van der Waals surface area contributed by atoms with Gasteiger partial charge in [0.1, 0.15) is 0 Å². The Hall–Kier alpha value is -3.15. The van der Waals surface area contributed by atoms with E-state index in [1.165, 1.54) is 0 Å². The molecule has 0 atom stereocenters. The van der Waals surface area contributed by atoms with Gasteiger partial charge in [0.2, 0.25) is 5.91 Å². The maximum atomic E-state index is 12.2. The van der Waals surface area contributed by atoms with Gasteiger partial charge in [0, 0.05) is 11.1 Å². The van der Waals surface area contributed by atoms with E-state index in [1.807, 2.05) is 56.3 Å². The number of fused-ring (bicyclic) bond motifs is 1. The minimum atomic E-state index is -0.386. The first kappa shape index (κ1) is 15.7. The van der Waals surface area contributed by atoms with Crippen LogP contribution < -0.4 is 10.6 Å².